The van der Waals surface area contributed by atoms with Crippen LogP contribution in [0.15, 0.2) is 79.1 Å². The van der Waals surface area contributed by atoms with Gasteiger partial charge in [0.25, 0.3) is 0 Å². The molecule has 0 bridgehead atoms. The van der Waals surface area contributed by atoms with Crippen LogP contribution in [0.4, 0.5) is 13.2 Å². The van der Waals surface area contributed by atoms with E-state index in [9.17, 15) is 33.0 Å². The number of ether oxygens (including phenoxy) is 2. The fraction of sp³-hybridized carbons (Fsp3) is 0.450. The lowest BCUT2D eigenvalue weighted by Crippen LogP contribution is -2.63. The number of halogens is 3. The van der Waals surface area contributed by atoms with Gasteiger partial charge in [-0.05, 0) is 50.5 Å². The summed E-state index contributed by atoms with van der Waals surface area (Å²) in [7, 11) is 1.54. The van der Waals surface area contributed by atoms with E-state index >= 15 is 0 Å². The van der Waals surface area contributed by atoms with Crippen molar-refractivity contribution in [1.29, 1.82) is 0 Å². The van der Waals surface area contributed by atoms with Gasteiger partial charge in [-0.15, -0.1) is 0 Å². The molecule has 0 spiro atoms. The number of aromatic nitrogens is 3. The molecule has 300 valence electrons. The first-order chi connectivity index (χ1) is 26.7. The molecule has 2 aromatic heterocycles. The lowest BCUT2D eigenvalue weighted by atomic mass is 9.90. The van der Waals surface area contributed by atoms with E-state index in [1.54, 1.807) is 48.7 Å². The third-order valence-corrected chi connectivity index (χ3v) is 10.6. The molecule has 0 radical (unpaired) electrons. The van der Waals surface area contributed by atoms with E-state index in [-0.39, 0.29) is 45.0 Å². The maximum Gasteiger partial charge on any atom is 0.405 e. The summed E-state index contributed by atoms with van der Waals surface area (Å²) >= 11 is 0. The Hall–Kier alpha value is -5.03. The van der Waals surface area contributed by atoms with Crippen LogP contribution in [-0.2, 0) is 21.5 Å². The van der Waals surface area contributed by atoms with Crippen LogP contribution in [0.25, 0.3) is 11.3 Å². The molecule has 2 amide bonds. The smallest absolute Gasteiger partial charge is 0.405 e. The van der Waals surface area contributed by atoms with Gasteiger partial charge in [-0.25, -0.2) is 0 Å². The average molecular weight is 780 g/mol. The molecule has 4 aromatic rings. The number of hydrogen-bond donors (Lipinski definition) is 5. The molecule has 2 aliphatic rings. The molecule has 2 aliphatic heterocycles. The number of piperazine rings is 1. The van der Waals surface area contributed by atoms with Crippen LogP contribution in [0.5, 0.6) is 11.5 Å². The van der Waals surface area contributed by atoms with Crippen LogP contribution in [0.2, 0.25) is 0 Å². The van der Waals surface area contributed by atoms with E-state index in [1.807, 2.05) is 66.5 Å². The summed E-state index contributed by atoms with van der Waals surface area (Å²) in [6.07, 6.45) is -3.24. The summed E-state index contributed by atoms with van der Waals surface area (Å²) in [6, 6.07) is 18.3. The number of carbonyl (C=O) groups excluding carboxylic acids is 2. The van der Waals surface area contributed by atoms with Gasteiger partial charge in [0, 0.05) is 49.4 Å². The molecule has 13 nitrogen and oxygen atoms in total. The average Bonchev–Trinajstić information content (AvgIpc) is 3.70. The maximum absolute atomic E-state index is 14.0. The lowest BCUT2D eigenvalue weighted by Gasteiger charge is -2.47. The first-order valence-electron chi connectivity index (χ1n) is 18.5. The number of para-hydroxylation sites is 1. The standard InChI is InChI=1S/C40H48F3N7O6/c1-39(2,35-18-31(47-48-35)27-17-29(55-3)20-44-19-27)50-14-13-49(32(22-50)38(54)45-24-40(41,42)43)21-28(51)16-26(15-25-9-5-4-6-10-25)37(53)46-36-30-11-7-8-12-34(30)56-23-33(36)52/h4-12,17-20,26,28,32-33,36,51-52H,13-16,21-24H2,1-3H3,(H,45,54)(H,46,53)(H,47,48)/t26-,28+,32+,33-,36+/m1/s1. The van der Waals surface area contributed by atoms with E-state index in [4.69, 9.17) is 9.47 Å². The second-order valence-corrected chi connectivity index (χ2v) is 14.8. The van der Waals surface area contributed by atoms with E-state index < -0.39 is 54.4 Å². The van der Waals surface area contributed by atoms with Crippen molar-refractivity contribution in [3.63, 3.8) is 0 Å². The minimum absolute atomic E-state index is 0.00441. The van der Waals surface area contributed by atoms with Crippen molar-refractivity contribution in [2.24, 2.45) is 5.92 Å². The second kappa shape index (κ2) is 17.4. The highest BCUT2D eigenvalue weighted by Gasteiger charge is 2.42. The molecule has 1 fully saturated rings. The van der Waals surface area contributed by atoms with Gasteiger partial charge in [0.15, 0.2) is 0 Å². The second-order valence-electron chi connectivity index (χ2n) is 14.8. The van der Waals surface area contributed by atoms with E-state index in [1.165, 1.54) is 0 Å². The molecule has 1 saturated heterocycles. The summed E-state index contributed by atoms with van der Waals surface area (Å²) in [5, 5.41) is 35.0. The van der Waals surface area contributed by atoms with Crippen molar-refractivity contribution in [2.45, 2.75) is 62.7 Å². The fourth-order valence-corrected chi connectivity index (χ4v) is 7.37. The zero-order valence-corrected chi connectivity index (χ0v) is 31.5. The summed E-state index contributed by atoms with van der Waals surface area (Å²) < 4.78 is 50.8. The van der Waals surface area contributed by atoms with Crippen LogP contribution in [0.3, 0.4) is 0 Å². The number of amides is 2. The minimum atomic E-state index is -4.62. The largest absolute Gasteiger partial charge is 0.495 e. The number of alkyl halides is 3. The SMILES string of the molecule is COc1cncc(-c2cc(C(C)(C)N3CCN(C[C@@H](O)C[C@@H](Cc4ccccc4)C(=O)N[C@H]4c5ccccc5OC[C@H]4O)[C@H](C(=O)NCC(F)(F)F)C3)n[nH]2)c1. The number of β-amino-alcohol motifs (C(OH)–C–C–N with tert-alkyl or cyclic N) is 1. The Kier molecular flexibility index (Phi) is 12.6. The topological polar surface area (TPSA) is 165 Å². The van der Waals surface area contributed by atoms with Gasteiger partial charge in [0.05, 0.1) is 42.4 Å². The number of nitrogens with one attached hydrogen (secondary N) is 3. The molecular formula is C40H48F3N7O6. The summed E-state index contributed by atoms with van der Waals surface area (Å²) in [5.74, 6) is -0.837. The summed E-state index contributed by atoms with van der Waals surface area (Å²) in [5.41, 5.74) is 2.80. The van der Waals surface area contributed by atoms with Gasteiger partial charge in [-0.1, -0.05) is 48.5 Å². The summed E-state index contributed by atoms with van der Waals surface area (Å²) in [4.78, 5) is 35.4. The van der Waals surface area contributed by atoms with Gasteiger partial charge in [-0.3, -0.25) is 29.5 Å². The van der Waals surface area contributed by atoms with Crippen molar-refractivity contribution in [1.82, 2.24) is 35.6 Å². The van der Waals surface area contributed by atoms with Gasteiger partial charge < -0.3 is 30.3 Å². The molecule has 0 unspecified atom stereocenters. The molecule has 5 atom stereocenters. The molecule has 56 heavy (non-hydrogen) atoms. The Morgan fingerprint density at radius 3 is 2.57 bits per heavy atom. The zero-order chi connectivity index (χ0) is 40.0. The number of H-pyrrole nitrogens is 1. The number of carbonyl (C=O) groups is 2. The zero-order valence-electron chi connectivity index (χ0n) is 31.5. The third-order valence-electron chi connectivity index (χ3n) is 10.6. The minimum Gasteiger partial charge on any atom is -0.495 e. The highest BCUT2D eigenvalue weighted by molar-refractivity contribution is 5.82. The Morgan fingerprint density at radius 2 is 1.82 bits per heavy atom. The molecule has 2 aromatic carbocycles. The van der Waals surface area contributed by atoms with Crippen LogP contribution < -0.4 is 20.1 Å². The fourth-order valence-electron chi connectivity index (χ4n) is 7.37. The number of nitrogens with zero attached hydrogens (tertiary/aromatic N) is 4. The Balaban J connectivity index is 1.19. The predicted octanol–water partition coefficient (Wildman–Crippen LogP) is 3.60. The third kappa shape index (κ3) is 9.85. The lowest BCUT2D eigenvalue weighted by molar-refractivity contribution is -0.144. The van der Waals surface area contributed by atoms with E-state index in [2.05, 4.69) is 20.5 Å². The molecule has 5 N–H and O–H groups in total. The first kappa shape index (κ1) is 40.6. The van der Waals surface area contributed by atoms with Crippen LogP contribution in [0.1, 0.15) is 43.1 Å². The number of aromatic amines is 1. The van der Waals surface area contributed by atoms with Crippen molar-refractivity contribution in [3.8, 4) is 22.8 Å². The Labute approximate surface area is 323 Å². The maximum atomic E-state index is 14.0. The van der Waals surface area contributed by atoms with Gasteiger partial charge in [0.2, 0.25) is 11.8 Å². The number of methoxy groups -OCH3 is 1. The normalized spacial score (nSPS) is 20.3. The van der Waals surface area contributed by atoms with Crippen molar-refractivity contribution in [3.05, 3.63) is 95.9 Å². The molecule has 4 heterocycles. The highest BCUT2D eigenvalue weighted by Crippen LogP contribution is 2.34. The molecule has 6 rings (SSSR count). The monoisotopic (exact) mass is 779 g/mol. The van der Waals surface area contributed by atoms with Crippen molar-refractivity contribution >= 4 is 11.8 Å². The number of aliphatic hydroxyl groups excluding tert-OH is 2. The quantitative estimate of drug-likeness (QED) is 0.128. The summed E-state index contributed by atoms with van der Waals surface area (Å²) in [6.45, 7) is 2.95. The molecular weight excluding hydrogens is 731 g/mol. The van der Waals surface area contributed by atoms with Crippen LogP contribution in [0, 0.1) is 5.92 Å². The number of hydrogen-bond acceptors (Lipinski definition) is 10. The van der Waals surface area contributed by atoms with Gasteiger partial charge >= 0.3 is 6.18 Å². The van der Waals surface area contributed by atoms with E-state index in [0.717, 1.165) is 11.1 Å². The first-order valence-corrected chi connectivity index (χ1v) is 18.5. The Bertz CT molecular complexity index is 1940. The van der Waals surface area contributed by atoms with Crippen LogP contribution >= 0.6 is 0 Å². The highest BCUT2D eigenvalue weighted by atomic mass is 19.4. The number of rotatable bonds is 14. The Morgan fingerprint density at radius 1 is 1.07 bits per heavy atom. The number of pyridine rings is 1. The van der Waals surface area contributed by atoms with Gasteiger partial charge in [-0.2, -0.15) is 18.3 Å². The van der Waals surface area contributed by atoms with Gasteiger partial charge in [0.1, 0.15) is 36.8 Å². The van der Waals surface area contributed by atoms with Crippen LogP contribution in [-0.4, -0.2) is 118 Å². The molecule has 0 saturated carbocycles. The number of aliphatic hydroxyl groups is 2. The van der Waals surface area contributed by atoms with E-state index in [0.29, 0.717) is 35.0 Å². The van der Waals surface area contributed by atoms with Crippen molar-refractivity contribution < 1.29 is 42.4 Å². The van der Waals surface area contributed by atoms with Crippen molar-refractivity contribution in [2.75, 3.05) is 46.4 Å². The predicted molar refractivity (Wildman–Crippen MR) is 200 cm³/mol. The molecule has 0 aliphatic carbocycles. The number of fused-ring (bicyclic) bond motifs is 1. The molecule has 16 heteroatoms. The number of benzene rings is 2.